The van der Waals surface area contributed by atoms with Crippen LogP contribution in [-0.4, -0.2) is 23.2 Å². The molecule has 25 heavy (non-hydrogen) atoms. The van der Waals surface area contributed by atoms with Gasteiger partial charge < -0.3 is 11.1 Å². The van der Waals surface area contributed by atoms with E-state index >= 15 is 0 Å². The van der Waals surface area contributed by atoms with Crippen molar-refractivity contribution in [3.8, 4) is 5.69 Å². The zero-order valence-corrected chi connectivity index (χ0v) is 13.3. The molecule has 0 aliphatic heterocycles. The van der Waals surface area contributed by atoms with Crippen LogP contribution in [0.15, 0.2) is 47.4 Å². The van der Waals surface area contributed by atoms with Gasteiger partial charge in [-0.05, 0) is 36.4 Å². The molecule has 1 heterocycles. The highest BCUT2D eigenvalue weighted by Gasteiger charge is 2.17. The Hall–Kier alpha value is -3.05. The molecule has 0 bridgehead atoms. The van der Waals surface area contributed by atoms with E-state index in [1.807, 2.05) is 0 Å². The number of nitrogens with two attached hydrogens (primary N) is 2. The monoisotopic (exact) mass is 366 g/mol. The van der Waals surface area contributed by atoms with E-state index in [0.717, 1.165) is 16.8 Å². The molecule has 0 saturated carbocycles. The van der Waals surface area contributed by atoms with E-state index in [9.17, 15) is 17.2 Å². The fourth-order valence-electron chi connectivity index (χ4n) is 2.09. The zero-order chi connectivity index (χ0) is 18.2. The van der Waals surface area contributed by atoms with Crippen molar-refractivity contribution in [1.82, 2.24) is 14.8 Å². The van der Waals surface area contributed by atoms with Gasteiger partial charge in [0.15, 0.2) is 11.6 Å². The standard InChI is InChI=1S/C14H12F2N6O2S/c15-10-2-1-3-11(16)12(10)22-13(17)20-14(21-22)19-8-4-6-9(7-5-8)25(18,23)24/h1-7H,(H2,18,23,24)(H3,17,19,20,21). The number of hydrogen-bond donors (Lipinski definition) is 3. The Kier molecular flexibility index (Phi) is 4.10. The van der Waals surface area contributed by atoms with E-state index in [-0.39, 0.29) is 16.8 Å². The normalized spacial score (nSPS) is 11.5. The molecule has 5 N–H and O–H groups in total. The molecule has 0 unspecified atom stereocenters. The van der Waals surface area contributed by atoms with Gasteiger partial charge >= 0.3 is 0 Å². The van der Waals surface area contributed by atoms with Crippen molar-refractivity contribution in [2.24, 2.45) is 5.14 Å². The lowest BCUT2D eigenvalue weighted by Crippen LogP contribution is -2.11. The SMILES string of the molecule is Nc1nc(Nc2ccc(S(N)(=O)=O)cc2)nn1-c1c(F)cccc1F. The lowest BCUT2D eigenvalue weighted by Gasteiger charge is -2.05. The topological polar surface area (TPSA) is 129 Å². The van der Waals surface area contributed by atoms with Crippen LogP contribution in [0.2, 0.25) is 0 Å². The van der Waals surface area contributed by atoms with E-state index in [2.05, 4.69) is 15.4 Å². The number of nitrogens with one attached hydrogen (secondary N) is 1. The summed E-state index contributed by atoms with van der Waals surface area (Å²) in [5, 5.41) is 11.7. The van der Waals surface area contributed by atoms with Gasteiger partial charge in [-0.3, -0.25) is 0 Å². The van der Waals surface area contributed by atoms with Crippen molar-refractivity contribution in [2.45, 2.75) is 4.90 Å². The van der Waals surface area contributed by atoms with Crippen molar-refractivity contribution in [3.63, 3.8) is 0 Å². The minimum absolute atomic E-state index is 0.0245. The van der Waals surface area contributed by atoms with Crippen LogP contribution in [0.5, 0.6) is 0 Å². The van der Waals surface area contributed by atoms with Crippen LogP contribution in [0.3, 0.4) is 0 Å². The molecule has 0 spiro atoms. The Labute approximate surface area is 141 Å². The number of nitrogens with zero attached hydrogens (tertiary/aromatic N) is 3. The Morgan fingerprint density at radius 2 is 1.64 bits per heavy atom. The van der Waals surface area contributed by atoms with Crippen LogP contribution < -0.4 is 16.2 Å². The highest BCUT2D eigenvalue weighted by Crippen LogP contribution is 2.22. The highest BCUT2D eigenvalue weighted by atomic mass is 32.2. The maximum atomic E-state index is 13.8. The Morgan fingerprint density at radius 3 is 2.20 bits per heavy atom. The molecule has 0 radical (unpaired) electrons. The first kappa shape index (κ1) is 16.8. The number of anilines is 3. The lowest BCUT2D eigenvalue weighted by molar-refractivity contribution is 0.561. The summed E-state index contributed by atoms with van der Waals surface area (Å²) in [5.41, 5.74) is 5.64. The predicted octanol–water partition coefficient (Wildman–Crippen LogP) is 1.52. The van der Waals surface area contributed by atoms with E-state index in [0.29, 0.717) is 5.69 Å². The number of aromatic nitrogens is 3. The minimum atomic E-state index is -3.81. The smallest absolute Gasteiger partial charge is 0.248 e. The molecule has 0 saturated heterocycles. The van der Waals surface area contributed by atoms with E-state index in [1.165, 1.54) is 30.3 Å². The first-order valence-electron chi connectivity index (χ1n) is 6.82. The predicted molar refractivity (Wildman–Crippen MR) is 86.8 cm³/mol. The molecule has 11 heteroatoms. The van der Waals surface area contributed by atoms with Gasteiger partial charge in [-0.1, -0.05) is 6.07 Å². The maximum absolute atomic E-state index is 13.8. The van der Waals surface area contributed by atoms with Crippen LogP contribution in [0.25, 0.3) is 5.69 Å². The number of primary sulfonamides is 1. The van der Waals surface area contributed by atoms with Gasteiger partial charge in [-0.15, -0.1) is 5.10 Å². The minimum Gasteiger partial charge on any atom is -0.368 e. The number of hydrogen-bond acceptors (Lipinski definition) is 6. The highest BCUT2D eigenvalue weighted by molar-refractivity contribution is 7.89. The number of benzene rings is 2. The number of halogens is 2. The molecule has 1 aromatic heterocycles. The summed E-state index contributed by atoms with van der Waals surface area (Å²) in [6, 6.07) is 8.79. The molecule has 0 aliphatic carbocycles. The second-order valence-electron chi connectivity index (χ2n) is 4.97. The maximum Gasteiger partial charge on any atom is 0.248 e. The summed E-state index contributed by atoms with van der Waals surface area (Å²) in [5.74, 6) is -1.95. The van der Waals surface area contributed by atoms with Gasteiger partial charge in [0.2, 0.25) is 21.9 Å². The first-order chi connectivity index (χ1) is 11.8. The van der Waals surface area contributed by atoms with Crippen molar-refractivity contribution < 1.29 is 17.2 Å². The fourth-order valence-corrected chi connectivity index (χ4v) is 2.61. The van der Waals surface area contributed by atoms with Crippen molar-refractivity contribution in [2.75, 3.05) is 11.1 Å². The molecule has 0 fully saturated rings. The summed E-state index contributed by atoms with van der Waals surface area (Å²) in [6.45, 7) is 0. The van der Waals surface area contributed by atoms with Gasteiger partial charge in [-0.2, -0.15) is 9.67 Å². The molecule has 130 valence electrons. The zero-order valence-electron chi connectivity index (χ0n) is 12.5. The molecule has 2 aromatic carbocycles. The van der Waals surface area contributed by atoms with Crippen molar-refractivity contribution in [1.29, 1.82) is 0 Å². The Bertz CT molecular complexity index is 1010. The Morgan fingerprint density at radius 1 is 1.04 bits per heavy atom. The third-order valence-electron chi connectivity index (χ3n) is 3.22. The number of para-hydroxylation sites is 1. The van der Waals surface area contributed by atoms with Gasteiger partial charge in [0.1, 0.15) is 5.69 Å². The second kappa shape index (κ2) is 6.11. The molecule has 0 amide bonds. The van der Waals surface area contributed by atoms with Crippen LogP contribution in [-0.2, 0) is 10.0 Å². The summed E-state index contributed by atoms with van der Waals surface area (Å²) in [4.78, 5) is 3.81. The molecule has 8 nitrogen and oxygen atoms in total. The quantitative estimate of drug-likeness (QED) is 0.642. The lowest BCUT2D eigenvalue weighted by atomic mass is 10.3. The number of nitrogen functional groups attached to an aromatic ring is 1. The van der Waals surface area contributed by atoms with Crippen LogP contribution in [0.4, 0.5) is 26.4 Å². The summed E-state index contributed by atoms with van der Waals surface area (Å²) in [7, 11) is -3.81. The number of rotatable bonds is 4. The molecular weight excluding hydrogens is 354 g/mol. The summed E-state index contributed by atoms with van der Waals surface area (Å²) < 4.78 is 50.9. The molecule has 0 atom stereocenters. The van der Waals surface area contributed by atoms with E-state index in [1.54, 1.807) is 0 Å². The Balaban J connectivity index is 1.91. The number of sulfonamides is 1. The molecule has 3 rings (SSSR count). The summed E-state index contributed by atoms with van der Waals surface area (Å²) in [6.07, 6.45) is 0. The van der Waals surface area contributed by atoms with Crippen molar-refractivity contribution >= 4 is 27.6 Å². The largest absolute Gasteiger partial charge is 0.368 e. The second-order valence-corrected chi connectivity index (χ2v) is 6.53. The van der Waals surface area contributed by atoms with Crippen LogP contribution in [0, 0.1) is 11.6 Å². The fraction of sp³-hybridized carbons (Fsp3) is 0. The van der Waals surface area contributed by atoms with Gasteiger partial charge in [0, 0.05) is 5.69 Å². The molecule has 0 aliphatic rings. The van der Waals surface area contributed by atoms with Crippen LogP contribution in [0.1, 0.15) is 0 Å². The summed E-state index contributed by atoms with van der Waals surface area (Å²) >= 11 is 0. The van der Waals surface area contributed by atoms with Gasteiger partial charge in [0.25, 0.3) is 0 Å². The molecule has 3 aromatic rings. The van der Waals surface area contributed by atoms with Crippen LogP contribution >= 0.6 is 0 Å². The third-order valence-corrected chi connectivity index (χ3v) is 4.15. The van der Waals surface area contributed by atoms with E-state index < -0.39 is 27.3 Å². The third kappa shape index (κ3) is 3.41. The average Bonchev–Trinajstić information content (AvgIpc) is 2.87. The van der Waals surface area contributed by atoms with Crippen molar-refractivity contribution in [3.05, 3.63) is 54.1 Å². The first-order valence-corrected chi connectivity index (χ1v) is 8.37. The van der Waals surface area contributed by atoms with Gasteiger partial charge in [-0.25, -0.2) is 22.3 Å². The van der Waals surface area contributed by atoms with E-state index in [4.69, 9.17) is 10.9 Å². The molecular formula is C14H12F2N6O2S. The van der Waals surface area contributed by atoms with Gasteiger partial charge in [0.05, 0.1) is 4.90 Å². The average molecular weight is 366 g/mol.